The van der Waals surface area contributed by atoms with Crippen molar-refractivity contribution in [1.82, 2.24) is 20.0 Å². The molecule has 2 aromatic heterocycles. The summed E-state index contributed by atoms with van der Waals surface area (Å²) in [5, 5.41) is 13.8. The fraction of sp³-hybridized carbons (Fsp3) is 0.529. The van der Waals surface area contributed by atoms with Gasteiger partial charge in [-0.05, 0) is 31.9 Å². The molecule has 3 heterocycles. The lowest BCUT2D eigenvalue weighted by Gasteiger charge is -2.16. The first kappa shape index (κ1) is 15.3. The lowest BCUT2D eigenvalue weighted by molar-refractivity contribution is 0.0781. The van der Waals surface area contributed by atoms with Gasteiger partial charge in [-0.25, -0.2) is 0 Å². The zero-order valence-corrected chi connectivity index (χ0v) is 13.6. The van der Waals surface area contributed by atoms with Crippen molar-refractivity contribution >= 4 is 5.91 Å². The molecule has 7 heteroatoms. The van der Waals surface area contributed by atoms with Crippen LogP contribution in [0.4, 0.5) is 0 Å². The second-order valence-corrected chi connectivity index (χ2v) is 6.71. The second-order valence-electron chi connectivity index (χ2n) is 6.71. The van der Waals surface area contributed by atoms with Crippen molar-refractivity contribution in [2.75, 3.05) is 19.7 Å². The summed E-state index contributed by atoms with van der Waals surface area (Å²) in [5.41, 5.74) is 1.42. The molecule has 1 N–H and O–H groups in total. The summed E-state index contributed by atoms with van der Waals surface area (Å²) in [6.45, 7) is 2.82. The second kappa shape index (κ2) is 5.98. The van der Waals surface area contributed by atoms with Gasteiger partial charge in [0.15, 0.2) is 5.82 Å². The molecular weight excluding hydrogens is 308 g/mol. The van der Waals surface area contributed by atoms with Crippen molar-refractivity contribution in [2.24, 2.45) is 5.92 Å². The van der Waals surface area contributed by atoms with Gasteiger partial charge >= 0.3 is 0 Å². The molecule has 0 spiro atoms. The van der Waals surface area contributed by atoms with Crippen molar-refractivity contribution in [3.05, 3.63) is 41.3 Å². The van der Waals surface area contributed by atoms with Crippen LogP contribution in [0.5, 0.6) is 0 Å². The summed E-state index contributed by atoms with van der Waals surface area (Å²) in [6, 6.07) is 3.50. The molecule has 1 saturated carbocycles. The molecular formula is C17H20N4O3. The third-order valence-corrected chi connectivity index (χ3v) is 4.82. The van der Waals surface area contributed by atoms with E-state index in [0.29, 0.717) is 30.5 Å². The third kappa shape index (κ3) is 2.80. The number of rotatable bonds is 4. The average Bonchev–Trinajstić information content (AvgIpc) is 3.17. The molecule has 126 valence electrons. The topological polar surface area (TPSA) is 92.4 Å². The molecule has 24 heavy (non-hydrogen) atoms. The van der Waals surface area contributed by atoms with Crippen molar-refractivity contribution in [3.63, 3.8) is 0 Å². The summed E-state index contributed by atoms with van der Waals surface area (Å²) in [7, 11) is 0. The average molecular weight is 328 g/mol. The Balaban J connectivity index is 1.53. The number of pyridine rings is 1. The smallest absolute Gasteiger partial charge is 0.254 e. The highest BCUT2D eigenvalue weighted by molar-refractivity contribution is 5.94. The summed E-state index contributed by atoms with van der Waals surface area (Å²) in [4.78, 5) is 23.1. The first-order chi connectivity index (χ1) is 11.7. The molecule has 0 unspecified atom stereocenters. The molecule has 4 rings (SSSR count). The predicted molar refractivity (Wildman–Crippen MR) is 84.5 cm³/mol. The van der Waals surface area contributed by atoms with Crippen LogP contribution in [-0.4, -0.2) is 50.7 Å². The van der Waals surface area contributed by atoms with Crippen LogP contribution in [0.3, 0.4) is 0 Å². The van der Waals surface area contributed by atoms with Gasteiger partial charge in [0.1, 0.15) is 0 Å². The zero-order chi connectivity index (χ0) is 16.7. The van der Waals surface area contributed by atoms with Gasteiger partial charge in [-0.3, -0.25) is 9.78 Å². The number of hydrogen-bond donors (Lipinski definition) is 1. The third-order valence-electron chi connectivity index (χ3n) is 4.82. The van der Waals surface area contributed by atoms with Crippen molar-refractivity contribution in [3.8, 4) is 0 Å². The maximum Gasteiger partial charge on any atom is 0.254 e. The quantitative estimate of drug-likeness (QED) is 0.914. The minimum atomic E-state index is -0.109. The number of aryl methyl sites for hydroxylation is 1. The minimum absolute atomic E-state index is 0.00897. The summed E-state index contributed by atoms with van der Waals surface area (Å²) in [5.74, 6) is 1.48. The Kier molecular flexibility index (Phi) is 3.80. The van der Waals surface area contributed by atoms with Gasteiger partial charge in [0, 0.05) is 49.0 Å². The van der Waals surface area contributed by atoms with Crippen LogP contribution in [0.2, 0.25) is 0 Å². The number of amides is 1. The molecule has 7 nitrogen and oxygen atoms in total. The molecule has 2 fully saturated rings. The molecule has 2 atom stereocenters. The van der Waals surface area contributed by atoms with E-state index in [9.17, 15) is 9.90 Å². The largest absolute Gasteiger partial charge is 0.396 e. The summed E-state index contributed by atoms with van der Waals surface area (Å²) >= 11 is 0. The van der Waals surface area contributed by atoms with E-state index in [1.54, 1.807) is 23.2 Å². The van der Waals surface area contributed by atoms with E-state index in [4.69, 9.17) is 4.52 Å². The molecule has 1 saturated heterocycles. The molecule has 0 bridgehead atoms. The molecule has 2 aliphatic rings. The van der Waals surface area contributed by atoms with Gasteiger partial charge in [0.2, 0.25) is 5.89 Å². The van der Waals surface area contributed by atoms with Gasteiger partial charge in [-0.1, -0.05) is 5.16 Å². The fourth-order valence-corrected chi connectivity index (χ4v) is 3.27. The number of carbonyl (C=O) groups excluding carboxylic acids is 1. The van der Waals surface area contributed by atoms with Crippen LogP contribution in [0, 0.1) is 12.8 Å². The number of aliphatic hydroxyl groups is 1. The molecule has 2 aromatic rings. The van der Waals surface area contributed by atoms with Crippen molar-refractivity contribution in [2.45, 2.75) is 31.6 Å². The standard InChI is InChI=1S/C17H20N4O3/c1-10-6-12(4-5-18-10)17(23)21-7-13(9-22)14(8-21)16-19-15(20-24-16)11-2-3-11/h4-6,11,13-14,22H,2-3,7-9H2,1H3/t13-,14+/m0/s1. The van der Waals surface area contributed by atoms with E-state index in [0.717, 1.165) is 24.4 Å². The van der Waals surface area contributed by atoms with E-state index >= 15 is 0 Å². The Hall–Kier alpha value is -2.28. The number of aliphatic hydroxyl groups excluding tert-OH is 1. The van der Waals surface area contributed by atoms with Gasteiger partial charge in [0.25, 0.3) is 5.91 Å². The van der Waals surface area contributed by atoms with E-state index in [1.807, 2.05) is 6.92 Å². The monoisotopic (exact) mass is 328 g/mol. The van der Waals surface area contributed by atoms with Crippen LogP contribution in [-0.2, 0) is 0 Å². The highest BCUT2D eigenvalue weighted by Crippen LogP contribution is 2.40. The van der Waals surface area contributed by atoms with Crippen molar-refractivity contribution < 1.29 is 14.4 Å². The van der Waals surface area contributed by atoms with Crippen LogP contribution >= 0.6 is 0 Å². The molecule has 1 amide bonds. The van der Waals surface area contributed by atoms with Crippen molar-refractivity contribution in [1.29, 1.82) is 0 Å². The maximum absolute atomic E-state index is 12.7. The minimum Gasteiger partial charge on any atom is -0.396 e. The number of nitrogens with zero attached hydrogens (tertiary/aromatic N) is 4. The van der Waals surface area contributed by atoms with E-state index in [2.05, 4.69) is 15.1 Å². The maximum atomic E-state index is 12.7. The lowest BCUT2D eigenvalue weighted by atomic mass is 9.97. The Morgan fingerprint density at radius 2 is 2.25 bits per heavy atom. The Bertz CT molecular complexity index is 756. The van der Waals surface area contributed by atoms with Gasteiger partial charge in [0.05, 0.1) is 5.92 Å². The molecule has 1 aliphatic carbocycles. The van der Waals surface area contributed by atoms with Crippen LogP contribution in [0.25, 0.3) is 0 Å². The van der Waals surface area contributed by atoms with Gasteiger partial charge < -0.3 is 14.5 Å². The number of hydrogen-bond acceptors (Lipinski definition) is 6. The van der Waals surface area contributed by atoms with Crippen LogP contribution in [0.15, 0.2) is 22.9 Å². The van der Waals surface area contributed by atoms with E-state index in [1.165, 1.54) is 0 Å². The van der Waals surface area contributed by atoms with E-state index < -0.39 is 0 Å². The number of aromatic nitrogens is 3. The van der Waals surface area contributed by atoms with E-state index in [-0.39, 0.29) is 24.3 Å². The first-order valence-corrected chi connectivity index (χ1v) is 8.32. The first-order valence-electron chi connectivity index (χ1n) is 8.32. The SMILES string of the molecule is Cc1cc(C(=O)N2C[C@@H](CO)[C@H](c3nc(C4CC4)no3)C2)ccn1. The zero-order valence-electron chi connectivity index (χ0n) is 13.6. The summed E-state index contributed by atoms with van der Waals surface area (Å²) in [6.07, 6.45) is 3.86. The Labute approximate surface area is 139 Å². The molecule has 1 aliphatic heterocycles. The molecule has 0 radical (unpaired) electrons. The Morgan fingerprint density at radius 3 is 2.96 bits per heavy atom. The lowest BCUT2D eigenvalue weighted by Crippen LogP contribution is -2.29. The normalized spacial score (nSPS) is 23.7. The fourth-order valence-electron chi connectivity index (χ4n) is 3.27. The van der Waals surface area contributed by atoms with Gasteiger partial charge in [-0.15, -0.1) is 0 Å². The van der Waals surface area contributed by atoms with Gasteiger partial charge in [-0.2, -0.15) is 4.98 Å². The number of likely N-dealkylation sites (tertiary alicyclic amines) is 1. The molecule has 0 aromatic carbocycles. The highest BCUT2D eigenvalue weighted by atomic mass is 16.5. The van der Waals surface area contributed by atoms with Crippen LogP contribution < -0.4 is 0 Å². The number of carbonyl (C=O) groups is 1. The highest BCUT2D eigenvalue weighted by Gasteiger charge is 2.40. The summed E-state index contributed by atoms with van der Waals surface area (Å²) < 4.78 is 5.41. The Morgan fingerprint density at radius 1 is 1.42 bits per heavy atom. The van der Waals surface area contributed by atoms with Crippen LogP contribution in [0.1, 0.15) is 52.4 Å². The predicted octanol–water partition coefficient (Wildman–Crippen LogP) is 1.50.